The molecule has 0 radical (unpaired) electrons. The maximum atomic E-state index is 14.6. The highest BCUT2D eigenvalue weighted by Crippen LogP contribution is 2.33. The van der Waals surface area contributed by atoms with E-state index in [-0.39, 0.29) is 46.2 Å². The molecular formula is C19H15ClF4N4O2. The number of hydrogen-bond donors (Lipinski definition) is 0. The van der Waals surface area contributed by atoms with E-state index < -0.39 is 30.2 Å². The minimum atomic E-state index is -4.54. The Morgan fingerprint density at radius 2 is 2.03 bits per heavy atom. The molecular weight excluding hydrogens is 428 g/mol. The van der Waals surface area contributed by atoms with Gasteiger partial charge in [-0.1, -0.05) is 11.6 Å². The monoisotopic (exact) mass is 442 g/mol. The van der Waals surface area contributed by atoms with Crippen molar-refractivity contribution in [1.29, 1.82) is 0 Å². The Balaban J connectivity index is 1.91. The topological polar surface area (TPSA) is 60.3 Å². The third kappa shape index (κ3) is 3.72. The molecule has 1 aromatic carbocycles. The fourth-order valence-corrected chi connectivity index (χ4v) is 3.45. The van der Waals surface area contributed by atoms with E-state index in [1.54, 1.807) is 0 Å². The summed E-state index contributed by atoms with van der Waals surface area (Å²) in [6.45, 7) is -0.529. The van der Waals surface area contributed by atoms with Gasteiger partial charge < -0.3 is 14.2 Å². The van der Waals surface area contributed by atoms with Gasteiger partial charge in [-0.2, -0.15) is 13.2 Å². The summed E-state index contributed by atoms with van der Waals surface area (Å²) >= 11 is 5.82. The third-order valence-corrected chi connectivity index (χ3v) is 5.07. The molecule has 30 heavy (non-hydrogen) atoms. The summed E-state index contributed by atoms with van der Waals surface area (Å²) in [5, 5.41) is 0.284. The molecule has 1 atom stereocenters. The lowest BCUT2D eigenvalue weighted by Gasteiger charge is -2.34. The number of nitrogens with zero attached hydrogens (tertiary/aromatic N) is 4. The molecule has 1 fully saturated rings. The largest absolute Gasteiger partial charge is 0.416 e. The number of ether oxygens (including phenoxy) is 1. The molecule has 0 saturated carbocycles. The second-order valence-electron chi connectivity index (χ2n) is 6.86. The average molecular weight is 443 g/mol. The van der Waals surface area contributed by atoms with Crippen LogP contribution >= 0.6 is 11.6 Å². The Bertz CT molecular complexity index is 1180. The standard InChI is InChI=1S/C19H15ClF4N4O2/c1-27-9-25-16-12(18(27)29)7-15(28-4-5-30-14(8-28)19(22,23)24)26-17(16)11-3-2-10(20)6-13(11)21/h2-3,6-7,9,14H,4-5,8H2,1H3/t14-/m1/s1. The first-order chi connectivity index (χ1) is 14.1. The van der Waals surface area contributed by atoms with Gasteiger partial charge in [-0.05, 0) is 24.3 Å². The highest BCUT2D eigenvalue weighted by Gasteiger charge is 2.43. The van der Waals surface area contributed by atoms with Crippen LogP contribution < -0.4 is 10.5 Å². The third-order valence-electron chi connectivity index (χ3n) is 4.83. The maximum Gasteiger partial charge on any atom is 0.416 e. The lowest BCUT2D eigenvalue weighted by molar-refractivity contribution is -0.221. The Morgan fingerprint density at radius 1 is 1.27 bits per heavy atom. The van der Waals surface area contributed by atoms with Crippen LogP contribution in [-0.4, -0.2) is 46.5 Å². The summed E-state index contributed by atoms with van der Waals surface area (Å²) in [7, 11) is 1.49. The molecule has 0 bridgehead atoms. The van der Waals surface area contributed by atoms with Crippen molar-refractivity contribution < 1.29 is 22.3 Å². The van der Waals surface area contributed by atoms with E-state index in [0.717, 1.165) is 6.07 Å². The van der Waals surface area contributed by atoms with E-state index >= 15 is 0 Å². The molecule has 1 aliphatic heterocycles. The van der Waals surface area contributed by atoms with Crippen molar-refractivity contribution in [2.24, 2.45) is 7.05 Å². The smallest absolute Gasteiger partial charge is 0.365 e. The molecule has 6 nitrogen and oxygen atoms in total. The number of alkyl halides is 3. The molecule has 1 aliphatic rings. The van der Waals surface area contributed by atoms with Gasteiger partial charge in [-0.25, -0.2) is 14.4 Å². The van der Waals surface area contributed by atoms with Gasteiger partial charge in [0.05, 0.1) is 24.9 Å². The highest BCUT2D eigenvalue weighted by atomic mass is 35.5. The van der Waals surface area contributed by atoms with E-state index in [2.05, 4.69) is 9.97 Å². The number of halogens is 5. The molecule has 0 unspecified atom stereocenters. The average Bonchev–Trinajstić information content (AvgIpc) is 2.70. The van der Waals surface area contributed by atoms with Crippen LogP contribution in [0.3, 0.4) is 0 Å². The van der Waals surface area contributed by atoms with E-state index in [1.807, 2.05) is 0 Å². The number of anilines is 1. The molecule has 1 saturated heterocycles. The van der Waals surface area contributed by atoms with Crippen molar-refractivity contribution in [3.05, 3.63) is 51.8 Å². The van der Waals surface area contributed by atoms with Crippen molar-refractivity contribution in [1.82, 2.24) is 14.5 Å². The number of benzene rings is 1. The first kappa shape index (κ1) is 20.5. The molecule has 3 aromatic rings. The van der Waals surface area contributed by atoms with Gasteiger partial charge in [0.25, 0.3) is 5.56 Å². The molecule has 0 N–H and O–H groups in total. The quantitative estimate of drug-likeness (QED) is 0.568. The predicted octanol–water partition coefficient (Wildman–Crippen LogP) is 3.56. The number of aromatic nitrogens is 3. The molecule has 0 aliphatic carbocycles. The van der Waals surface area contributed by atoms with Crippen molar-refractivity contribution in [2.45, 2.75) is 12.3 Å². The van der Waals surface area contributed by atoms with Crippen LogP contribution in [-0.2, 0) is 11.8 Å². The van der Waals surface area contributed by atoms with Gasteiger partial charge in [0, 0.05) is 24.2 Å². The van der Waals surface area contributed by atoms with Crippen LogP contribution in [0.25, 0.3) is 22.2 Å². The minimum absolute atomic E-state index is 0.0348. The number of morpholine rings is 1. The minimum Gasteiger partial charge on any atom is -0.365 e. The van der Waals surface area contributed by atoms with Crippen LogP contribution in [0, 0.1) is 5.82 Å². The van der Waals surface area contributed by atoms with Crippen molar-refractivity contribution in [2.75, 3.05) is 24.6 Å². The van der Waals surface area contributed by atoms with Crippen LogP contribution in [0.15, 0.2) is 35.4 Å². The van der Waals surface area contributed by atoms with Crippen LogP contribution in [0.1, 0.15) is 0 Å². The van der Waals surface area contributed by atoms with E-state index in [9.17, 15) is 22.4 Å². The Kier molecular flexibility index (Phi) is 5.15. The van der Waals surface area contributed by atoms with Crippen molar-refractivity contribution in [3.63, 3.8) is 0 Å². The van der Waals surface area contributed by atoms with Crippen LogP contribution in [0.4, 0.5) is 23.4 Å². The van der Waals surface area contributed by atoms with Gasteiger partial charge >= 0.3 is 6.18 Å². The van der Waals surface area contributed by atoms with Crippen LogP contribution in [0.2, 0.25) is 5.02 Å². The van der Waals surface area contributed by atoms with Crippen molar-refractivity contribution >= 4 is 28.3 Å². The number of pyridine rings is 1. The van der Waals surface area contributed by atoms with Gasteiger partial charge in [0.1, 0.15) is 22.8 Å². The second-order valence-corrected chi connectivity index (χ2v) is 7.29. The number of rotatable bonds is 2. The zero-order chi connectivity index (χ0) is 21.6. The zero-order valence-corrected chi connectivity index (χ0v) is 16.3. The maximum absolute atomic E-state index is 14.6. The van der Waals surface area contributed by atoms with Gasteiger partial charge in [0.2, 0.25) is 0 Å². The summed E-state index contributed by atoms with van der Waals surface area (Å²) < 4.78 is 60.1. The molecule has 4 rings (SSSR count). The Labute approximate surface area is 172 Å². The normalized spacial score (nSPS) is 17.5. The van der Waals surface area contributed by atoms with Gasteiger partial charge in [-0.3, -0.25) is 4.79 Å². The summed E-state index contributed by atoms with van der Waals surface area (Å²) in [5.74, 6) is -0.583. The molecule has 158 valence electrons. The summed E-state index contributed by atoms with van der Waals surface area (Å²) in [6.07, 6.45) is -5.26. The lowest BCUT2D eigenvalue weighted by Crippen LogP contribution is -2.49. The predicted molar refractivity (Wildman–Crippen MR) is 103 cm³/mol. The Hall–Kier alpha value is -2.72. The Morgan fingerprint density at radius 3 is 2.73 bits per heavy atom. The number of fused-ring (bicyclic) bond motifs is 1. The second kappa shape index (κ2) is 7.51. The highest BCUT2D eigenvalue weighted by molar-refractivity contribution is 6.30. The van der Waals surface area contributed by atoms with E-state index in [1.165, 1.54) is 41.0 Å². The lowest BCUT2D eigenvalue weighted by atomic mass is 10.1. The number of hydrogen-bond acceptors (Lipinski definition) is 5. The fourth-order valence-electron chi connectivity index (χ4n) is 3.29. The fraction of sp³-hybridized carbons (Fsp3) is 0.316. The first-order valence-corrected chi connectivity index (χ1v) is 9.28. The summed E-state index contributed by atoms with van der Waals surface area (Å²) in [5.41, 5.74) is -0.208. The van der Waals surface area contributed by atoms with Crippen molar-refractivity contribution in [3.8, 4) is 11.3 Å². The van der Waals surface area contributed by atoms with E-state index in [4.69, 9.17) is 16.3 Å². The number of aryl methyl sites for hydroxylation is 1. The van der Waals surface area contributed by atoms with Gasteiger partial charge in [-0.15, -0.1) is 0 Å². The summed E-state index contributed by atoms with van der Waals surface area (Å²) in [4.78, 5) is 22.6. The zero-order valence-electron chi connectivity index (χ0n) is 15.6. The molecule has 0 spiro atoms. The SMILES string of the molecule is Cn1cnc2c(-c3ccc(Cl)cc3F)nc(N3CCO[C@@H](C(F)(F)F)C3)cc2c1=O. The first-order valence-electron chi connectivity index (χ1n) is 8.90. The molecule has 0 amide bonds. The summed E-state index contributed by atoms with van der Waals surface area (Å²) in [6, 6.07) is 5.31. The van der Waals surface area contributed by atoms with Gasteiger partial charge in [0.15, 0.2) is 6.10 Å². The van der Waals surface area contributed by atoms with Crippen LogP contribution in [0.5, 0.6) is 0 Å². The molecule has 11 heteroatoms. The molecule has 3 heterocycles. The molecule has 2 aromatic heterocycles. The van der Waals surface area contributed by atoms with E-state index in [0.29, 0.717) is 0 Å².